The van der Waals surface area contributed by atoms with Crippen LogP contribution in [0, 0.1) is 0 Å². The molecule has 0 aliphatic rings. The molecule has 10 heteroatoms. The Balaban J connectivity index is 0.00000363. The van der Waals surface area contributed by atoms with Crippen LogP contribution in [0.3, 0.4) is 0 Å². The summed E-state index contributed by atoms with van der Waals surface area (Å²) in [5.41, 5.74) is 0.861. The van der Waals surface area contributed by atoms with Crippen LogP contribution in [0.1, 0.15) is 43.1 Å². The number of guanidine groups is 1. The molecule has 2 heterocycles. The Bertz CT molecular complexity index is 1020. The van der Waals surface area contributed by atoms with Crippen LogP contribution in [0.15, 0.2) is 53.7 Å². The van der Waals surface area contributed by atoms with Crippen molar-refractivity contribution >= 4 is 35.6 Å². The zero-order valence-corrected chi connectivity index (χ0v) is 20.4. The normalized spacial score (nSPS) is 13.0. The summed E-state index contributed by atoms with van der Waals surface area (Å²) in [5.74, 6) is 1.50. The molecule has 1 unspecified atom stereocenters. The van der Waals surface area contributed by atoms with Crippen molar-refractivity contribution in [1.82, 2.24) is 25.2 Å². The average molecular weight is 560 g/mol. The van der Waals surface area contributed by atoms with Crippen molar-refractivity contribution in [3.05, 3.63) is 65.6 Å². The second kappa shape index (κ2) is 12.0. The number of rotatable bonds is 8. The van der Waals surface area contributed by atoms with Crippen LogP contribution in [-0.4, -0.2) is 40.2 Å². The molecule has 0 aliphatic heterocycles. The van der Waals surface area contributed by atoms with Gasteiger partial charge in [-0.05, 0) is 43.0 Å². The molecular weight excluding hydrogens is 532 g/mol. The molecule has 0 saturated carbocycles. The summed E-state index contributed by atoms with van der Waals surface area (Å²) in [6, 6.07) is 11.3. The minimum absolute atomic E-state index is 0. The molecule has 174 valence electrons. The van der Waals surface area contributed by atoms with Gasteiger partial charge in [0.05, 0.1) is 5.56 Å². The van der Waals surface area contributed by atoms with E-state index in [1.807, 2.05) is 42.6 Å². The molecule has 1 aromatic carbocycles. The Morgan fingerprint density at radius 3 is 2.69 bits per heavy atom. The average Bonchev–Trinajstić information content (AvgIpc) is 3.16. The highest BCUT2D eigenvalue weighted by Crippen LogP contribution is 2.31. The molecule has 0 amide bonds. The minimum atomic E-state index is -4.33. The number of halogens is 4. The monoisotopic (exact) mass is 560 g/mol. The van der Waals surface area contributed by atoms with Gasteiger partial charge in [-0.3, -0.25) is 9.39 Å². The number of fused-ring (bicyclic) bond motifs is 1. The van der Waals surface area contributed by atoms with Crippen LogP contribution in [0.25, 0.3) is 5.65 Å². The van der Waals surface area contributed by atoms with Crippen molar-refractivity contribution in [2.75, 3.05) is 19.6 Å². The third-order valence-electron chi connectivity index (χ3n) is 4.98. The zero-order valence-electron chi connectivity index (χ0n) is 18.1. The van der Waals surface area contributed by atoms with Crippen molar-refractivity contribution in [3.63, 3.8) is 0 Å². The lowest BCUT2D eigenvalue weighted by molar-refractivity contribution is -0.137. The molecule has 3 rings (SSSR count). The highest BCUT2D eigenvalue weighted by Gasteiger charge is 2.30. The Hall–Kier alpha value is -2.37. The summed E-state index contributed by atoms with van der Waals surface area (Å²) in [4.78, 5) is 4.56. The molecule has 0 aliphatic carbocycles. The molecule has 0 saturated heterocycles. The number of alkyl halides is 3. The van der Waals surface area contributed by atoms with E-state index in [0.717, 1.165) is 17.5 Å². The Morgan fingerprint density at radius 2 is 1.94 bits per heavy atom. The maximum absolute atomic E-state index is 12.9. The zero-order chi connectivity index (χ0) is 22.3. The first-order valence-corrected chi connectivity index (χ1v) is 10.4. The van der Waals surface area contributed by atoms with Crippen LogP contribution in [0.5, 0.6) is 0 Å². The lowest BCUT2D eigenvalue weighted by atomic mass is 9.96. The van der Waals surface area contributed by atoms with Gasteiger partial charge in [0.25, 0.3) is 0 Å². The number of aromatic nitrogens is 3. The second-order valence-electron chi connectivity index (χ2n) is 7.30. The first-order chi connectivity index (χ1) is 14.9. The molecule has 1 atom stereocenters. The van der Waals surface area contributed by atoms with E-state index in [1.165, 1.54) is 12.1 Å². The third-order valence-corrected chi connectivity index (χ3v) is 4.98. The summed E-state index contributed by atoms with van der Waals surface area (Å²) >= 11 is 0. The molecule has 2 aromatic heterocycles. The first-order valence-electron chi connectivity index (χ1n) is 10.4. The smallest absolute Gasteiger partial charge is 0.357 e. The molecular formula is C22H28F3IN6. The van der Waals surface area contributed by atoms with E-state index in [0.29, 0.717) is 44.0 Å². The van der Waals surface area contributed by atoms with Gasteiger partial charge in [-0.1, -0.05) is 31.2 Å². The van der Waals surface area contributed by atoms with Gasteiger partial charge in [0, 0.05) is 32.3 Å². The van der Waals surface area contributed by atoms with Gasteiger partial charge in [0.15, 0.2) is 11.6 Å². The van der Waals surface area contributed by atoms with E-state index >= 15 is 0 Å². The summed E-state index contributed by atoms with van der Waals surface area (Å²) in [7, 11) is 0. The van der Waals surface area contributed by atoms with Gasteiger partial charge in [0.2, 0.25) is 0 Å². The van der Waals surface area contributed by atoms with E-state index in [1.54, 1.807) is 6.07 Å². The molecule has 6 nitrogen and oxygen atoms in total. The Kier molecular flexibility index (Phi) is 9.73. The van der Waals surface area contributed by atoms with E-state index in [2.05, 4.69) is 25.8 Å². The number of hydrogen-bond donors (Lipinski definition) is 2. The third kappa shape index (κ3) is 7.07. The maximum atomic E-state index is 12.9. The summed E-state index contributed by atoms with van der Waals surface area (Å²) < 4.78 is 40.7. The van der Waals surface area contributed by atoms with Gasteiger partial charge < -0.3 is 10.6 Å². The maximum Gasteiger partial charge on any atom is 0.416 e. The van der Waals surface area contributed by atoms with Crippen LogP contribution in [0.2, 0.25) is 0 Å². The fourth-order valence-electron chi connectivity index (χ4n) is 3.25. The fourth-order valence-corrected chi connectivity index (χ4v) is 3.25. The summed E-state index contributed by atoms with van der Waals surface area (Å²) in [5, 5.41) is 14.8. The number of aliphatic imine (C=N–C) groups is 1. The molecule has 0 bridgehead atoms. The van der Waals surface area contributed by atoms with Crippen LogP contribution in [-0.2, 0) is 12.6 Å². The van der Waals surface area contributed by atoms with Gasteiger partial charge in [-0.25, -0.2) is 0 Å². The molecule has 32 heavy (non-hydrogen) atoms. The molecule has 3 aromatic rings. The Morgan fingerprint density at radius 1 is 1.12 bits per heavy atom. The topological polar surface area (TPSA) is 66.6 Å². The number of nitrogens with one attached hydrogen (secondary N) is 2. The number of nitrogens with zero attached hydrogens (tertiary/aromatic N) is 4. The quantitative estimate of drug-likeness (QED) is 0.239. The van der Waals surface area contributed by atoms with Crippen molar-refractivity contribution < 1.29 is 13.2 Å². The van der Waals surface area contributed by atoms with E-state index < -0.39 is 11.7 Å². The number of benzene rings is 1. The summed E-state index contributed by atoms with van der Waals surface area (Å²) in [6.07, 6.45) is -1.08. The minimum Gasteiger partial charge on any atom is -0.357 e. The predicted octanol–water partition coefficient (Wildman–Crippen LogP) is 4.66. The van der Waals surface area contributed by atoms with Crippen LogP contribution >= 0.6 is 24.0 Å². The standard InChI is InChI=1S/C22H27F3N6.HI/c1-3-26-21(28-13-11-20-30-29-19-9-4-5-14-31(19)20)27-12-10-16(2)17-7-6-8-18(15-17)22(23,24)25;/h4-9,14-16H,3,10-13H2,1-2H3,(H2,26,27,28);1H. The van der Waals surface area contributed by atoms with Gasteiger partial charge in [0.1, 0.15) is 5.82 Å². The lowest BCUT2D eigenvalue weighted by Crippen LogP contribution is -2.38. The highest BCUT2D eigenvalue weighted by molar-refractivity contribution is 14.0. The Labute approximate surface area is 202 Å². The van der Waals surface area contributed by atoms with Gasteiger partial charge >= 0.3 is 6.18 Å². The predicted molar refractivity (Wildman–Crippen MR) is 131 cm³/mol. The second-order valence-corrected chi connectivity index (χ2v) is 7.30. The van der Waals surface area contributed by atoms with Crippen molar-refractivity contribution in [2.45, 2.75) is 38.8 Å². The largest absolute Gasteiger partial charge is 0.416 e. The highest BCUT2D eigenvalue weighted by atomic mass is 127. The van der Waals surface area contributed by atoms with Gasteiger partial charge in [-0.2, -0.15) is 13.2 Å². The number of hydrogen-bond acceptors (Lipinski definition) is 3. The van der Waals surface area contributed by atoms with Crippen molar-refractivity contribution in [3.8, 4) is 0 Å². The van der Waals surface area contributed by atoms with E-state index in [4.69, 9.17) is 0 Å². The molecule has 0 fully saturated rings. The first kappa shape index (κ1) is 25.9. The van der Waals surface area contributed by atoms with E-state index in [-0.39, 0.29) is 29.9 Å². The fraction of sp³-hybridized carbons (Fsp3) is 0.409. The lowest BCUT2D eigenvalue weighted by Gasteiger charge is -2.15. The van der Waals surface area contributed by atoms with E-state index in [9.17, 15) is 13.2 Å². The molecule has 0 spiro atoms. The SMILES string of the molecule is CCNC(=NCCC(C)c1cccc(C(F)(F)F)c1)NCCc1nnc2ccccn12.I. The van der Waals surface area contributed by atoms with Crippen LogP contribution < -0.4 is 10.6 Å². The molecule has 0 radical (unpaired) electrons. The van der Waals surface area contributed by atoms with Crippen molar-refractivity contribution in [1.29, 1.82) is 0 Å². The summed E-state index contributed by atoms with van der Waals surface area (Å²) in [6.45, 7) is 5.74. The van der Waals surface area contributed by atoms with Gasteiger partial charge in [-0.15, -0.1) is 34.2 Å². The number of pyridine rings is 1. The van der Waals surface area contributed by atoms with Crippen LogP contribution in [0.4, 0.5) is 13.2 Å². The molecule has 2 N–H and O–H groups in total. The van der Waals surface area contributed by atoms with Crippen molar-refractivity contribution in [2.24, 2.45) is 4.99 Å².